The number of nitrogens with one attached hydrogen (secondary N) is 1. The highest BCUT2D eigenvalue weighted by Gasteiger charge is 2.08. The molecule has 0 aliphatic rings. The van der Waals surface area contributed by atoms with Gasteiger partial charge in [-0.25, -0.2) is 4.98 Å². The van der Waals surface area contributed by atoms with E-state index in [1.165, 1.54) is 0 Å². The molecule has 0 spiro atoms. The molecule has 0 radical (unpaired) electrons. The summed E-state index contributed by atoms with van der Waals surface area (Å²) in [5.41, 5.74) is 0.804. The smallest absolute Gasteiger partial charge is 0.311 e. The van der Waals surface area contributed by atoms with Gasteiger partial charge >= 0.3 is 5.97 Å². The predicted octanol–water partition coefficient (Wildman–Crippen LogP) is 2.20. The molecule has 120 valence electrons. The normalized spacial score (nSPS) is 11.0. The summed E-state index contributed by atoms with van der Waals surface area (Å²) in [6, 6.07) is 0. The number of nitrogens with zero attached hydrogens (tertiary/aromatic N) is 1. The van der Waals surface area contributed by atoms with Crippen LogP contribution in [0.1, 0.15) is 37.9 Å². The van der Waals surface area contributed by atoms with Crippen LogP contribution in [-0.4, -0.2) is 43.4 Å². The topological polar surface area (TPSA) is 60.5 Å². The monoisotopic (exact) mass is 314 g/mol. The van der Waals surface area contributed by atoms with E-state index in [0.717, 1.165) is 43.2 Å². The highest BCUT2D eigenvalue weighted by atomic mass is 32.1. The van der Waals surface area contributed by atoms with Crippen molar-refractivity contribution in [3.63, 3.8) is 0 Å². The number of thiazole rings is 1. The van der Waals surface area contributed by atoms with Crippen LogP contribution in [0.5, 0.6) is 0 Å². The zero-order valence-electron chi connectivity index (χ0n) is 13.2. The molecule has 0 aliphatic heterocycles. The van der Waals surface area contributed by atoms with E-state index >= 15 is 0 Å². The Morgan fingerprint density at radius 2 is 2.24 bits per heavy atom. The van der Waals surface area contributed by atoms with Gasteiger partial charge in [-0.2, -0.15) is 0 Å². The molecular formula is C15H26N2O3S. The van der Waals surface area contributed by atoms with Gasteiger partial charge < -0.3 is 14.8 Å². The molecule has 6 heteroatoms. The molecule has 0 saturated carbocycles. The van der Waals surface area contributed by atoms with Crippen LogP contribution in [0.15, 0.2) is 5.38 Å². The summed E-state index contributed by atoms with van der Waals surface area (Å²) in [6.45, 7) is 8.96. The molecule has 0 bridgehead atoms. The number of hydrogen-bond donors (Lipinski definition) is 1. The van der Waals surface area contributed by atoms with Gasteiger partial charge in [0.2, 0.25) is 0 Å². The molecule has 21 heavy (non-hydrogen) atoms. The zero-order chi connectivity index (χ0) is 15.5. The average molecular weight is 314 g/mol. The Morgan fingerprint density at radius 3 is 2.95 bits per heavy atom. The third-order valence-corrected chi connectivity index (χ3v) is 3.65. The van der Waals surface area contributed by atoms with E-state index in [1.807, 2.05) is 26.2 Å². The van der Waals surface area contributed by atoms with Crippen molar-refractivity contribution in [2.75, 3.05) is 26.3 Å². The molecule has 1 N–H and O–H groups in total. The van der Waals surface area contributed by atoms with E-state index in [4.69, 9.17) is 9.47 Å². The minimum Gasteiger partial charge on any atom is -0.466 e. The quantitative estimate of drug-likeness (QED) is 0.501. The minimum atomic E-state index is -0.211. The summed E-state index contributed by atoms with van der Waals surface area (Å²) >= 11 is 1.60. The summed E-state index contributed by atoms with van der Waals surface area (Å²) in [4.78, 5) is 15.8. The zero-order valence-corrected chi connectivity index (χ0v) is 14.0. The van der Waals surface area contributed by atoms with E-state index in [-0.39, 0.29) is 12.4 Å². The van der Waals surface area contributed by atoms with Gasteiger partial charge in [-0.3, -0.25) is 4.79 Å². The fourth-order valence-corrected chi connectivity index (χ4v) is 2.54. The lowest BCUT2D eigenvalue weighted by Gasteiger charge is -2.07. The molecule has 0 saturated heterocycles. The second-order valence-corrected chi connectivity index (χ2v) is 5.93. The summed E-state index contributed by atoms with van der Waals surface area (Å²) in [7, 11) is 0. The maximum atomic E-state index is 11.3. The molecule has 1 rings (SSSR count). The van der Waals surface area contributed by atoms with Gasteiger partial charge in [0.05, 0.1) is 29.8 Å². The lowest BCUT2D eigenvalue weighted by Crippen LogP contribution is -2.20. The first kappa shape index (κ1) is 18.1. The first-order chi connectivity index (χ1) is 10.1. The molecule has 0 aliphatic carbocycles. The van der Waals surface area contributed by atoms with Crippen LogP contribution in [0, 0.1) is 0 Å². The maximum absolute atomic E-state index is 11.3. The Morgan fingerprint density at radius 1 is 1.43 bits per heavy atom. The molecule has 0 aromatic carbocycles. The maximum Gasteiger partial charge on any atom is 0.311 e. The molecule has 1 aromatic rings. The highest BCUT2D eigenvalue weighted by Crippen LogP contribution is 2.11. The average Bonchev–Trinajstić information content (AvgIpc) is 2.85. The van der Waals surface area contributed by atoms with Gasteiger partial charge in [0.15, 0.2) is 0 Å². The molecule has 0 atom stereocenters. The second kappa shape index (κ2) is 10.7. The van der Waals surface area contributed by atoms with Crippen molar-refractivity contribution >= 4 is 17.3 Å². The van der Waals surface area contributed by atoms with Crippen LogP contribution in [0.2, 0.25) is 0 Å². The fraction of sp³-hybridized carbons (Fsp3) is 0.733. The van der Waals surface area contributed by atoms with Gasteiger partial charge in [-0.1, -0.05) is 0 Å². The van der Waals surface area contributed by atoms with Gasteiger partial charge in [-0.15, -0.1) is 11.3 Å². The summed E-state index contributed by atoms with van der Waals surface area (Å²) in [6.07, 6.45) is 2.48. The Bertz CT molecular complexity index is 407. The van der Waals surface area contributed by atoms with Gasteiger partial charge in [0.25, 0.3) is 0 Å². The largest absolute Gasteiger partial charge is 0.466 e. The number of esters is 1. The highest BCUT2D eigenvalue weighted by molar-refractivity contribution is 7.09. The van der Waals surface area contributed by atoms with Crippen LogP contribution < -0.4 is 5.32 Å². The van der Waals surface area contributed by atoms with E-state index < -0.39 is 0 Å². The first-order valence-electron chi connectivity index (χ1n) is 7.53. The fourth-order valence-electron chi connectivity index (χ4n) is 1.74. The van der Waals surface area contributed by atoms with Gasteiger partial charge in [-0.05, 0) is 33.7 Å². The number of rotatable bonds is 11. The lowest BCUT2D eigenvalue weighted by molar-refractivity contribution is -0.142. The second-order valence-electron chi connectivity index (χ2n) is 4.99. The number of carbonyl (C=O) groups excluding carboxylic acids is 1. The predicted molar refractivity (Wildman–Crippen MR) is 84.7 cm³/mol. The molecule has 1 aromatic heterocycles. The third-order valence-electron chi connectivity index (χ3n) is 2.69. The molecular weight excluding hydrogens is 288 g/mol. The van der Waals surface area contributed by atoms with Crippen molar-refractivity contribution in [3.8, 4) is 0 Å². The van der Waals surface area contributed by atoms with E-state index in [0.29, 0.717) is 12.7 Å². The summed E-state index contributed by atoms with van der Waals surface area (Å²) in [5.74, 6) is -0.211. The molecule has 1 heterocycles. The molecule has 0 fully saturated rings. The van der Waals surface area contributed by atoms with Crippen molar-refractivity contribution in [1.82, 2.24) is 10.3 Å². The Labute approximate surface area is 131 Å². The first-order valence-corrected chi connectivity index (χ1v) is 8.41. The number of aromatic nitrogens is 1. The van der Waals surface area contributed by atoms with Crippen molar-refractivity contribution in [1.29, 1.82) is 0 Å². The molecule has 5 nitrogen and oxygen atoms in total. The standard InChI is InChI=1S/C15H26N2O3S/c1-4-19-15(18)10-13-11-21-14(17-13)6-8-16-7-5-9-20-12(2)3/h11-12,16H,4-10H2,1-3H3. The number of carbonyl (C=O) groups is 1. The van der Waals surface area contributed by atoms with Crippen molar-refractivity contribution in [2.24, 2.45) is 0 Å². The van der Waals surface area contributed by atoms with Gasteiger partial charge in [0.1, 0.15) is 0 Å². The van der Waals surface area contributed by atoms with Crippen molar-refractivity contribution in [3.05, 3.63) is 16.1 Å². The van der Waals surface area contributed by atoms with E-state index in [2.05, 4.69) is 10.3 Å². The van der Waals surface area contributed by atoms with Crippen molar-refractivity contribution in [2.45, 2.75) is 46.1 Å². The number of ether oxygens (including phenoxy) is 2. The van der Waals surface area contributed by atoms with Crippen LogP contribution in [0.3, 0.4) is 0 Å². The van der Waals surface area contributed by atoms with Crippen LogP contribution in [0.4, 0.5) is 0 Å². The SMILES string of the molecule is CCOC(=O)Cc1csc(CCNCCCOC(C)C)n1. The summed E-state index contributed by atoms with van der Waals surface area (Å²) in [5, 5.41) is 6.36. The van der Waals surface area contributed by atoms with Crippen LogP contribution in [0.25, 0.3) is 0 Å². The van der Waals surface area contributed by atoms with Crippen LogP contribution >= 0.6 is 11.3 Å². The van der Waals surface area contributed by atoms with E-state index in [1.54, 1.807) is 11.3 Å². The van der Waals surface area contributed by atoms with Crippen LogP contribution in [-0.2, 0) is 27.1 Å². The molecule has 0 amide bonds. The Hall–Kier alpha value is -0.980. The molecule has 0 unspecified atom stereocenters. The van der Waals surface area contributed by atoms with E-state index in [9.17, 15) is 4.79 Å². The minimum absolute atomic E-state index is 0.211. The van der Waals surface area contributed by atoms with Crippen molar-refractivity contribution < 1.29 is 14.3 Å². The third kappa shape index (κ3) is 8.80. The Kier molecular flexibility index (Phi) is 9.21. The lowest BCUT2D eigenvalue weighted by atomic mass is 10.3. The van der Waals surface area contributed by atoms with Gasteiger partial charge in [0, 0.05) is 25.0 Å². The Balaban J connectivity index is 2.10. The number of hydrogen-bond acceptors (Lipinski definition) is 6. The summed E-state index contributed by atoms with van der Waals surface area (Å²) < 4.78 is 10.4.